The summed E-state index contributed by atoms with van der Waals surface area (Å²) >= 11 is 13.7. The van der Waals surface area contributed by atoms with E-state index in [2.05, 4.69) is 22.4 Å². The standard InChI is InChI=1S/C22H23Cl2N3OS/c1-2-3-4-7-12-28-21-9-6-5-8-16(21)14-25-27-22-26-20(15-29-22)18-11-10-17(23)13-19(18)24/h5-6,8-11,13-15H,2-4,7,12H2,1H3,(H,26,27)/b25-14+. The predicted molar refractivity (Wildman–Crippen MR) is 125 cm³/mol. The van der Waals surface area contributed by atoms with E-state index in [9.17, 15) is 0 Å². The maximum absolute atomic E-state index is 6.26. The summed E-state index contributed by atoms with van der Waals surface area (Å²) in [5.41, 5.74) is 5.52. The lowest BCUT2D eigenvalue weighted by molar-refractivity contribution is 0.304. The Morgan fingerprint density at radius 3 is 2.83 bits per heavy atom. The Balaban J connectivity index is 1.60. The number of hydrogen-bond donors (Lipinski definition) is 1. The van der Waals surface area contributed by atoms with Gasteiger partial charge < -0.3 is 4.74 Å². The number of hydrazone groups is 1. The Hall–Kier alpha value is -2.08. The van der Waals surface area contributed by atoms with Crippen LogP contribution in [-0.2, 0) is 0 Å². The van der Waals surface area contributed by atoms with Crippen LogP contribution in [0.25, 0.3) is 11.3 Å². The molecule has 29 heavy (non-hydrogen) atoms. The van der Waals surface area contributed by atoms with Gasteiger partial charge in [0.15, 0.2) is 0 Å². The Kier molecular flexibility index (Phi) is 8.35. The van der Waals surface area contributed by atoms with Crippen LogP contribution in [0.2, 0.25) is 10.0 Å². The third-order valence-corrected chi connectivity index (χ3v) is 5.54. The van der Waals surface area contributed by atoms with Gasteiger partial charge >= 0.3 is 0 Å². The lowest BCUT2D eigenvalue weighted by Gasteiger charge is -2.08. The Morgan fingerprint density at radius 1 is 1.14 bits per heavy atom. The van der Waals surface area contributed by atoms with Crippen molar-refractivity contribution in [3.8, 4) is 17.0 Å². The fourth-order valence-electron chi connectivity index (χ4n) is 2.73. The first-order valence-electron chi connectivity index (χ1n) is 9.59. The molecule has 0 saturated carbocycles. The van der Waals surface area contributed by atoms with Crippen molar-refractivity contribution in [1.29, 1.82) is 0 Å². The fourth-order valence-corrected chi connectivity index (χ4v) is 3.90. The highest BCUT2D eigenvalue weighted by Gasteiger charge is 2.08. The second kappa shape index (κ2) is 11.2. The molecule has 1 heterocycles. The number of anilines is 1. The molecule has 3 aromatic rings. The van der Waals surface area contributed by atoms with Gasteiger partial charge in [0.1, 0.15) is 5.75 Å². The normalized spacial score (nSPS) is 11.1. The van der Waals surface area contributed by atoms with Gasteiger partial charge in [-0.1, -0.05) is 61.5 Å². The van der Waals surface area contributed by atoms with Gasteiger partial charge in [-0.05, 0) is 36.8 Å². The van der Waals surface area contributed by atoms with Crippen LogP contribution >= 0.6 is 34.5 Å². The quantitative estimate of drug-likeness (QED) is 0.198. The monoisotopic (exact) mass is 447 g/mol. The largest absolute Gasteiger partial charge is 0.493 e. The Bertz CT molecular complexity index is 959. The van der Waals surface area contributed by atoms with Gasteiger partial charge in [0.05, 0.1) is 23.5 Å². The number of ether oxygens (including phenoxy) is 1. The van der Waals surface area contributed by atoms with Gasteiger partial charge in [0.2, 0.25) is 5.13 Å². The summed E-state index contributed by atoms with van der Waals surface area (Å²) in [4.78, 5) is 4.54. The highest BCUT2D eigenvalue weighted by atomic mass is 35.5. The minimum atomic E-state index is 0.572. The number of aromatic nitrogens is 1. The molecule has 0 aliphatic carbocycles. The van der Waals surface area contributed by atoms with E-state index in [1.807, 2.05) is 35.7 Å². The van der Waals surface area contributed by atoms with E-state index in [-0.39, 0.29) is 0 Å². The summed E-state index contributed by atoms with van der Waals surface area (Å²) in [7, 11) is 0. The molecule has 0 amide bonds. The maximum atomic E-state index is 6.26. The van der Waals surface area contributed by atoms with Crippen LogP contribution in [0.4, 0.5) is 5.13 Å². The van der Waals surface area contributed by atoms with Crippen LogP contribution in [0.1, 0.15) is 38.2 Å². The zero-order valence-electron chi connectivity index (χ0n) is 16.2. The highest BCUT2D eigenvalue weighted by molar-refractivity contribution is 7.14. The van der Waals surface area contributed by atoms with Crippen molar-refractivity contribution in [3.63, 3.8) is 0 Å². The summed E-state index contributed by atoms with van der Waals surface area (Å²) in [6.45, 7) is 2.92. The molecular weight excluding hydrogens is 425 g/mol. The lowest BCUT2D eigenvalue weighted by Crippen LogP contribution is -2.00. The van der Waals surface area contributed by atoms with Crippen LogP contribution < -0.4 is 10.2 Å². The molecular formula is C22H23Cl2N3OS. The SMILES string of the molecule is CCCCCCOc1ccccc1/C=N/Nc1nc(-c2ccc(Cl)cc2Cl)cs1. The van der Waals surface area contributed by atoms with Crippen molar-refractivity contribution < 1.29 is 4.74 Å². The number of para-hydroxylation sites is 1. The number of unbranched alkanes of at least 4 members (excludes halogenated alkanes) is 3. The van der Waals surface area contributed by atoms with Crippen LogP contribution in [0, 0.1) is 0 Å². The smallest absolute Gasteiger partial charge is 0.203 e. The van der Waals surface area contributed by atoms with Crippen LogP contribution in [0.3, 0.4) is 0 Å². The van der Waals surface area contributed by atoms with Crippen molar-refractivity contribution >= 4 is 45.9 Å². The minimum absolute atomic E-state index is 0.572. The molecule has 2 aromatic carbocycles. The zero-order chi connectivity index (χ0) is 20.5. The van der Waals surface area contributed by atoms with Crippen molar-refractivity contribution in [2.75, 3.05) is 12.0 Å². The fraction of sp³-hybridized carbons (Fsp3) is 0.273. The van der Waals surface area contributed by atoms with E-state index in [1.165, 1.54) is 30.6 Å². The van der Waals surface area contributed by atoms with E-state index in [4.69, 9.17) is 27.9 Å². The maximum Gasteiger partial charge on any atom is 0.203 e. The summed E-state index contributed by atoms with van der Waals surface area (Å²) in [5, 5.41) is 8.10. The first kappa shape index (κ1) is 21.6. The topological polar surface area (TPSA) is 46.5 Å². The molecule has 0 fully saturated rings. The number of nitrogens with one attached hydrogen (secondary N) is 1. The Labute approximate surface area is 185 Å². The average molecular weight is 448 g/mol. The molecule has 152 valence electrons. The van der Waals surface area contributed by atoms with Gasteiger partial charge in [-0.2, -0.15) is 5.10 Å². The third kappa shape index (κ3) is 6.46. The van der Waals surface area contributed by atoms with E-state index < -0.39 is 0 Å². The zero-order valence-corrected chi connectivity index (χ0v) is 18.5. The van der Waals surface area contributed by atoms with Crippen molar-refractivity contribution in [2.45, 2.75) is 32.6 Å². The van der Waals surface area contributed by atoms with E-state index >= 15 is 0 Å². The molecule has 0 aliphatic heterocycles. The minimum Gasteiger partial charge on any atom is -0.493 e. The molecule has 0 radical (unpaired) electrons. The lowest BCUT2D eigenvalue weighted by atomic mass is 10.2. The van der Waals surface area contributed by atoms with E-state index in [0.717, 1.165) is 35.6 Å². The summed E-state index contributed by atoms with van der Waals surface area (Å²) < 4.78 is 5.91. The molecule has 0 unspecified atom stereocenters. The van der Waals surface area contributed by atoms with Crippen LogP contribution in [-0.4, -0.2) is 17.8 Å². The first-order valence-corrected chi connectivity index (χ1v) is 11.2. The molecule has 0 saturated heterocycles. The van der Waals surface area contributed by atoms with Gasteiger partial charge in [-0.25, -0.2) is 4.98 Å². The third-order valence-electron chi connectivity index (χ3n) is 4.25. The average Bonchev–Trinajstić information content (AvgIpc) is 3.17. The summed E-state index contributed by atoms with van der Waals surface area (Å²) in [5.74, 6) is 0.835. The predicted octanol–water partition coefficient (Wildman–Crippen LogP) is 7.52. The van der Waals surface area contributed by atoms with Gasteiger partial charge in [-0.15, -0.1) is 11.3 Å². The molecule has 0 atom stereocenters. The number of nitrogens with zero attached hydrogens (tertiary/aromatic N) is 2. The number of thiazole rings is 1. The summed E-state index contributed by atoms with van der Waals surface area (Å²) in [6, 6.07) is 13.2. The molecule has 0 aliphatic rings. The van der Waals surface area contributed by atoms with E-state index in [0.29, 0.717) is 15.2 Å². The van der Waals surface area contributed by atoms with Gasteiger partial charge in [-0.3, -0.25) is 5.43 Å². The number of benzene rings is 2. The van der Waals surface area contributed by atoms with Crippen molar-refractivity contribution in [3.05, 3.63) is 63.5 Å². The number of rotatable bonds is 10. The van der Waals surface area contributed by atoms with E-state index in [1.54, 1.807) is 18.3 Å². The van der Waals surface area contributed by atoms with Crippen molar-refractivity contribution in [2.24, 2.45) is 5.10 Å². The second-order valence-corrected chi connectivity index (χ2v) is 8.18. The molecule has 1 aromatic heterocycles. The molecule has 4 nitrogen and oxygen atoms in total. The molecule has 0 bridgehead atoms. The summed E-state index contributed by atoms with van der Waals surface area (Å²) in [6.07, 6.45) is 6.47. The van der Waals surface area contributed by atoms with Gasteiger partial charge in [0.25, 0.3) is 0 Å². The number of hydrogen-bond acceptors (Lipinski definition) is 5. The highest BCUT2D eigenvalue weighted by Crippen LogP contribution is 2.32. The van der Waals surface area contributed by atoms with Gasteiger partial charge in [0, 0.05) is 21.5 Å². The van der Waals surface area contributed by atoms with Crippen LogP contribution in [0.15, 0.2) is 52.9 Å². The first-order chi connectivity index (χ1) is 14.2. The number of halogens is 2. The van der Waals surface area contributed by atoms with Crippen LogP contribution in [0.5, 0.6) is 5.75 Å². The van der Waals surface area contributed by atoms with Crippen molar-refractivity contribution in [1.82, 2.24) is 4.98 Å². The second-order valence-electron chi connectivity index (χ2n) is 6.48. The Morgan fingerprint density at radius 2 is 2.00 bits per heavy atom. The molecule has 0 spiro atoms. The molecule has 3 rings (SSSR count). The molecule has 7 heteroatoms. The molecule has 1 N–H and O–H groups in total.